The molecule has 2 aliphatic rings. The standard InChI is InChI=1S/C13H25N3O3/c1-13(14-2,12(17)18)10-15-4-3-11(9-15)16-5-7-19-8-6-16/h11,14H,3-10H2,1-2H3,(H,17,18). The van der Waals surface area contributed by atoms with Gasteiger partial charge in [0, 0.05) is 32.2 Å². The number of likely N-dealkylation sites (tertiary alicyclic amines) is 1. The predicted octanol–water partition coefficient (Wildman–Crippen LogP) is -0.544. The Kier molecular flexibility index (Phi) is 4.78. The maximum absolute atomic E-state index is 11.3. The predicted molar refractivity (Wildman–Crippen MR) is 72.3 cm³/mol. The third kappa shape index (κ3) is 3.45. The largest absolute Gasteiger partial charge is 0.480 e. The van der Waals surface area contributed by atoms with Gasteiger partial charge in [0.05, 0.1) is 13.2 Å². The topological polar surface area (TPSA) is 65.0 Å². The Morgan fingerprint density at radius 3 is 2.68 bits per heavy atom. The summed E-state index contributed by atoms with van der Waals surface area (Å²) in [5.74, 6) is -0.787. The van der Waals surface area contributed by atoms with Crippen LogP contribution in [0.25, 0.3) is 0 Å². The van der Waals surface area contributed by atoms with Crippen molar-refractivity contribution in [3.05, 3.63) is 0 Å². The smallest absolute Gasteiger partial charge is 0.324 e. The maximum Gasteiger partial charge on any atom is 0.324 e. The molecule has 2 unspecified atom stereocenters. The molecule has 19 heavy (non-hydrogen) atoms. The van der Waals surface area contributed by atoms with E-state index in [-0.39, 0.29) is 0 Å². The van der Waals surface area contributed by atoms with Gasteiger partial charge in [-0.05, 0) is 26.9 Å². The highest BCUT2D eigenvalue weighted by molar-refractivity contribution is 5.78. The molecule has 0 radical (unpaired) electrons. The molecule has 6 nitrogen and oxygen atoms in total. The van der Waals surface area contributed by atoms with Crippen LogP contribution in [-0.4, -0.2) is 85.4 Å². The quantitative estimate of drug-likeness (QED) is 0.700. The first-order valence-corrected chi connectivity index (χ1v) is 7.01. The molecule has 0 saturated carbocycles. The van der Waals surface area contributed by atoms with Crippen LogP contribution in [0.3, 0.4) is 0 Å². The Hall–Kier alpha value is -0.690. The molecule has 0 spiro atoms. The summed E-state index contributed by atoms with van der Waals surface area (Å²) in [6, 6.07) is 0.554. The van der Waals surface area contributed by atoms with Gasteiger partial charge in [0.25, 0.3) is 0 Å². The summed E-state index contributed by atoms with van der Waals surface area (Å²) in [7, 11) is 1.71. The Labute approximate surface area is 114 Å². The molecule has 0 aromatic heterocycles. The summed E-state index contributed by atoms with van der Waals surface area (Å²) < 4.78 is 5.37. The van der Waals surface area contributed by atoms with Gasteiger partial charge in [-0.25, -0.2) is 0 Å². The zero-order valence-electron chi connectivity index (χ0n) is 11.9. The van der Waals surface area contributed by atoms with E-state index in [4.69, 9.17) is 4.74 Å². The number of likely N-dealkylation sites (N-methyl/N-ethyl adjacent to an activating group) is 1. The van der Waals surface area contributed by atoms with Crippen LogP contribution in [0.5, 0.6) is 0 Å². The van der Waals surface area contributed by atoms with E-state index >= 15 is 0 Å². The van der Waals surface area contributed by atoms with Crippen LogP contribution < -0.4 is 5.32 Å². The SMILES string of the molecule is CNC(C)(CN1CCC(N2CCOCC2)C1)C(=O)O. The molecule has 2 N–H and O–H groups in total. The van der Waals surface area contributed by atoms with Gasteiger partial charge in [-0.1, -0.05) is 0 Å². The minimum atomic E-state index is -0.861. The number of ether oxygens (including phenoxy) is 1. The fraction of sp³-hybridized carbons (Fsp3) is 0.923. The van der Waals surface area contributed by atoms with Crippen molar-refractivity contribution >= 4 is 5.97 Å². The molecule has 0 aromatic rings. The van der Waals surface area contributed by atoms with E-state index in [0.29, 0.717) is 12.6 Å². The lowest BCUT2D eigenvalue weighted by Gasteiger charge is -2.33. The van der Waals surface area contributed by atoms with Gasteiger partial charge in [-0.3, -0.25) is 14.6 Å². The maximum atomic E-state index is 11.3. The molecule has 2 rings (SSSR count). The Morgan fingerprint density at radius 1 is 1.42 bits per heavy atom. The van der Waals surface area contributed by atoms with Crippen LogP contribution in [0.4, 0.5) is 0 Å². The third-order valence-corrected chi connectivity index (χ3v) is 4.37. The molecule has 2 fully saturated rings. The summed E-state index contributed by atoms with van der Waals surface area (Å²) in [5.41, 5.74) is -0.861. The summed E-state index contributed by atoms with van der Waals surface area (Å²) in [5, 5.41) is 12.2. The number of nitrogens with zero attached hydrogens (tertiary/aromatic N) is 2. The molecule has 0 aromatic carbocycles. The number of hydrogen-bond donors (Lipinski definition) is 2. The van der Waals surface area contributed by atoms with Crippen LogP contribution in [-0.2, 0) is 9.53 Å². The third-order valence-electron chi connectivity index (χ3n) is 4.37. The van der Waals surface area contributed by atoms with E-state index in [9.17, 15) is 9.90 Å². The monoisotopic (exact) mass is 271 g/mol. The average Bonchev–Trinajstić information content (AvgIpc) is 2.87. The van der Waals surface area contributed by atoms with Crippen molar-refractivity contribution in [3.63, 3.8) is 0 Å². The Morgan fingerprint density at radius 2 is 2.11 bits per heavy atom. The number of carboxylic acid groups (broad SMARTS) is 1. The number of morpholine rings is 1. The first-order chi connectivity index (χ1) is 9.05. The molecule has 2 aliphatic heterocycles. The molecule has 110 valence electrons. The van der Waals surface area contributed by atoms with Crippen molar-refractivity contribution in [1.82, 2.24) is 15.1 Å². The van der Waals surface area contributed by atoms with Crippen molar-refractivity contribution in [2.45, 2.75) is 24.9 Å². The lowest BCUT2D eigenvalue weighted by Crippen LogP contribution is -2.55. The van der Waals surface area contributed by atoms with Crippen LogP contribution >= 0.6 is 0 Å². The zero-order valence-corrected chi connectivity index (χ0v) is 11.9. The van der Waals surface area contributed by atoms with Crippen LogP contribution in [0, 0.1) is 0 Å². The van der Waals surface area contributed by atoms with E-state index in [1.54, 1.807) is 14.0 Å². The van der Waals surface area contributed by atoms with Crippen LogP contribution in [0.15, 0.2) is 0 Å². The van der Waals surface area contributed by atoms with Gasteiger partial charge in [0.2, 0.25) is 0 Å². The molecule has 6 heteroatoms. The minimum Gasteiger partial charge on any atom is -0.480 e. The molecule has 2 heterocycles. The number of rotatable bonds is 5. The van der Waals surface area contributed by atoms with E-state index in [0.717, 1.165) is 45.8 Å². The van der Waals surface area contributed by atoms with Gasteiger partial charge in [0.1, 0.15) is 5.54 Å². The molecule has 2 saturated heterocycles. The second-order valence-electron chi connectivity index (χ2n) is 5.71. The van der Waals surface area contributed by atoms with Crippen LogP contribution in [0.1, 0.15) is 13.3 Å². The zero-order chi connectivity index (χ0) is 13.9. The lowest BCUT2D eigenvalue weighted by molar-refractivity contribution is -0.144. The molecule has 2 atom stereocenters. The van der Waals surface area contributed by atoms with E-state index in [1.807, 2.05) is 0 Å². The fourth-order valence-corrected chi connectivity index (χ4v) is 2.90. The van der Waals surface area contributed by atoms with E-state index in [2.05, 4.69) is 15.1 Å². The first-order valence-electron chi connectivity index (χ1n) is 7.01. The number of nitrogens with one attached hydrogen (secondary N) is 1. The second-order valence-corrected chi connectivity index (χ2v) is 5.71. The highest BCUT2D eigenvalue weighted by Gasteiger charge is 2.37. The highest BCUT2D eigenvalue weighted by atomic mass is 16.5. The van der Waals surface area contributed by atoms with E-state index < -0.39 is 11.5 Å². The van der Waals surface area contributed by atoms with Crippen molar-refractivity contribution in [3.8, 4) is 0 Å². The van der Waals surface area contributed by atoms with Crippen molar-refractivity contribution in [2.24, 2.45) is 0 Å². The average molecular weight is 271 g/mol. The van der Waals surface area contributed by atoms with Crippen molar-refractivity contribution < 1.29 is 14.6 Å². The summed E-state index contributed by atoms with van der Waals surface area (Å²) >= 11 is 0. The first kappa shape index (κ1) is 14.7. The molecule has 0 bridgehead atoms. The lowest BCUT2D eigenvalue weighted by atomic mass is 10.0. The molecular formula is C13H25N3O3. The number of carbonyl (C=O) groups is 1. The van der Waals surface area contributed by atoms with Crippen molar-refractivity contribution in [2.75, 3.05) is 53.0 Å². The summed E-state index contributed by atoms with van der Waals surface area (Å²) in [6.45, 7) is 7.88. The van der Waals surface area contributed by atoms with E-state index in [1.165, 1.54) is 0 Å². The normalized spacial score (nSPS) is 29.3. The Balaban J connectivity index is 1.86. The second kappa shape index (κ2) is 6.17. The number of carboxylic acids is 1. The number of aliphatic carboxylic acids is 1. The van der Waals surface area contributed by atoms with Crippen molar-refractivity contribution in [1.29, 1.82) is 0 Å². The van der Waals surface area contributed by atoms with Gasteiger partial charge >= 0.3 is 5.97 Å². The Bertz CT molecular complexity index is 320. The highest BCUT2D eigenvalue weighted by Crippen LogP contribution is 2.19. The van der Waals surface area contributed by atoms with Gasteiger partial charge in [-0.15, -0.1) is 0 Å². The molecule has 0 amide bonds. The minimum absolute atomic E-state index is 0.554. The van der Waals surface area contributed by atoms with Gasteiger partial charge in [0.15, 0.2) is 0 Å². The molecule has 0 aliphatic carbocycles. The fourth-order valence-electron chi connectivity index (χ4n) is 2.90. The summed E-state index contributed by atoms with van der Waals surface area (Å²) in [6.07, 6.45) is 1.12. The van der Waals surface area contributed by atoms with Crippen LogP contribution in [0.2, 0.25) is 0 Å². The van der Waals surface area contributed by atoms with Gasteiger partial charge < -0.3 is 15.2 Å². The number of hydrogen-bond acceptors (Lipinski definition) is 5. The molecular weight excluding hydrogens is 246 g/mol. The summed E-state index contributed by atoms with van der Waals surface area (Å²) in [4.78, 5) is 16.0. The van der Waals surface area contributed by atoms with Gasteiger partial charge in [-0.2, -0.15) is 0 Å².